The summed E-state index contributed by atoms with van der Waals surface area (Å²) >= 11 is 0. The van der Waals surface area contributed by atoms with E-state index >= 15 is 0 Å². The zero-order valence-corrected chi connectivity index (χ0v) is 7.57. The summed E-state index contributed by atoms with van der Waals surface area (Å²) < 4.78 is 6.22. The van der Waals surface area contributed by atoms with Crippen molar-refractivity contribution in [2.45, 2.75) is 6.42 Å². The van der Waals surface area contributed by atoms with E-state index in [2.05, 4.69) is 21.6 Å². The lowest BCUT2D eigenvalue weighted by molar-refractivity contribution is -0.139. The molecule has 0 radical (unpaired) electrons. The molecule has 0 bridgehead atoms. The first-order chi connectivity index (χ1) is 6.22. The average molecular weight is 178 g/mol. The van der Waals surface area contributed by atoms with Crippen molar-refractivity contribution in [1.29, 1.82) is 0 Å². The van der Waals surface area contributed by atoms with E-state index in [1.54, 1.807) is 17.1 Å². The van der Waals surface area contributed by atoms with E-state index in [9.17, 15) is 4.79 Å². The first-order valence-electron chi connectivity index (χ1n) is 3.76. The lowest BCUT2D eigenvalue weighted by atomic mass is 10.4. The Labute approximate surface area is 76.5 Å². The molecule has 13 heavy (non-hydrogen) atoms. The predicted octanol–water partition coefficient (Wildman–Crippen LogP) is 0.335. The van der Waals surface area contributed by atoms with E-state index in [-0.39, 0.29) is 12.4 Å². The smallest absolute Gasteiger partial charge is 0.317 e. The number of esters is 1. The molecule has 0 aliphatic carbocycles. The van der Waals surface area contributed by atoms with Gasteiger partial charge in [0.1, 0.15) is 12.1 Å². The van der Waals surface area contributed by atoms with Gasteiger partial charge in [-0.2, -0.15) is 0 Å². The van der Waals surface area contributed by atoms with Crippen LogP contribution in [0.4, 0.5) is 0 Å². The Balaban J connectivity index is 2.53. The molecular formula is C9H10N2O2. The highest BCUT2D eigenvalue weighted by molar-refractivity contribution is 5.72. The molecule has 1 aromatic rings. The van der Waals surface area contributed by atoms with Crippen LogP contribution < -0.4 is 0 Å². The van der Waals surface area contributed by atoms with Gasteiger partial charge in [-0.15, -0.1) is 0 Å². The fraction of sp³-hybridized carbons (Fsp3) is 0.333. The van der Waals surface area contributed by atoms with Crippen LogP contribution in [0.3, 0.4) is 0 Å². The highest BCUT2D eigenvalue weighted by atomic mass is 16.5. The molecular weight excluding hydrogens is 168 g/mol. The topological polar surface area (TPSA) is 44.1 Å². The van der Waals surface area contributed by atoms with Crippen LogP contribution in [0.15, 0.2) is 12.5 Å². The van der Waals surface area contributed by atoms with Gasteiger partial charge in [0.05, 0.1) is 13.4 Å². The number of imidazole rings is 1. The number of rotatable bonds is 1. The largest absolute Gasteiger partial charge is 0.468 e. The first kappa shape index (κ1) is 9.33. The molecule has 0 atom stereocenters. The van der Waals surface area contributed by atoms with Crippen molar-refractivity contribution >= 4 is 5.97 Å². The van der Waals surface area contributed by atoms with Gasteiger partial charge in [0.2, 0.25) is 0 Å². The van der Waals surface area contributed by atoms with Gasteiger partial charge >= 0.3 is 5.97 Å². The second-order valence-electron chi connectivity index (χ2n) is 2.48. The highest BCUT2D eigenvalue weighted by Crippen LogP contribution is 1.90. The van der Waals surface area contributed by atoms with Crippen molar-refractivity contribution in [3.63, 3.8) is 0 Å². The summed E-state index contributed by atoms with van der Waals surface area (Å²) in [5.41, 5.74) is 0.659. The van der Waals surface area contributed by atoms with Gasteiger partial charge in [-0.3, -0.25) is 4.79 Å². The Morgan fingerprint density at radius 1 is 1.77 bits per heavy atom. The number of hydrogen-bond acceptors (Lipinski definition) is 3. The van der Waals surface area contributed by atoms with Crippen LogP contribution in [0.5, 0.6) is 0 Å². The van der Waals surface area contributed by atoms with E-state index < -0.39 is 0 Å². The molecule has 0 N–H and O–H groups in total. The fourth-order valence-corrected chi connectivity index (χ4v) is 0.756. The van der Waals surface area contributed by atoms with Crippen LogP contribution in [-0.2, 0) is 16.6 Å². The summed E-state index contributed by atoms with van der Waals surface area (Å²) in [5.74, 6) is 5.08. The molecule has 0 saturated carbocycles. The predicted molar refractivity (Wildman–Crippen MR) is 46.7 cm³/mol. The molecule has 0 aliphatic heterocycles. The summed E-state index contributed by atoms with van der Waals surface area (Å²) in [6.07, 6.45) is 3.54. The van der Waals surface area contributed by atoms with Crippen LogP contribution in [0.1, 0.15) is 12.1 Å². The van der Waals surface area contributed by atoms with Gasteiger partial charge in [-0.1, -0.05) is 5.92 Å². The second-order valence-corrected chi connectivity index (χ2v) is 2.48. The molecule has 0 saturated heterocycles. The fourth-order valence-electron chi connectivity index (χ4n) is 0.756. The Hall–Kier alpha value is -1.76. The Bertz CT molecular complexity index is 357. The highest BCUT2D eigenvalue weighted by Gasteiger charge is 1.94. The number of carbonyl (C=O) groups excluding carboxylic acids is 1. The van der Waals surface area contributed by atoms with Gasteiger partial charge in [-0.05, 0) is 5.92 Å². The molecule has 0 amide bonds. The van der Waals surface area contributed by atoms with Crippen molar-refractivity contribution in [2.24, 2.45) is 7.05 Å². The number of ether oxygens (including phenoxy) is 1. The van der Waals surface area contributed by atoms with E-state index in [0.717, 1.165) is 0 Å². The monoisotopic (exact) mass is 178 g/mol. The summed E-state index contributed by atoms with van der Waals surface area (Å²) in [7, 11) is 3.20. The quantitative estimate of drug-likeness (QED) is 0.460. The maximum absolute atomic E-state index is 10.7. The zero-order valence-electron chi connectivity index (χ0n) is 7.57. The third kappa shape index (κ3) is 2.99. The van der Waals surface area contributed by atoms with Crippen LogP contribution in [0.2, 0.25) is 0 Å². The maximum Gasteiger partial charge on any atom is 0.317 e. The van der Waals surface area contributed by atoms with Gasteiger partial charge < -0.3 is 9.30 Å². The summed E-state index contributed by atoms with van der Waals surface area (Å²) in [5, 5.41) is 0. The third-order valence-corrected chi connectivity index (χ3v) is 1.38. The van der Waals surface area contributed by atoms with Crippen LogP contribution in [-0.4, -0.2) is 22.6 Å². The molecule has 4 heteroatoms. The minimum absolute atomic E-state index is 0.104. The standard InChI is InChI=1S/C9H10N2O2/c1-11-6-8(10-7-11)4-3-5-9(12)13-2/h6-7H,5H2,1-2H3. The Kier molecular flexibility index (Phi) is 3.09. The number of methoxy groups -OCH3 is 1. The molecule has 0 aromatic carbocycles. The summed E-state index contributed by atoms with van der Waals surface area (Å²) in [4.78, 5) is 14.6. The van der Waals surface area contributed by atoms with Crippen molar-refractivity contribution < 1.29 is 9.53 Å². The number of aryl methyl sites for hydroxylation is 1. The molecule has 68 valence electrons. The van der Waals surface area contributed by atoms with Crippen LogP contribution in [0, 0.1) is 11.8 Å². The number of nitrogens with zero attached hydrogens (tertiary/aromatic N) is 2. The first-order valence-corrected chi connectivity index (χ1v) is 3.76. The van der Waals surface area contributed by atoms with Crippen LogP contribution in [0.25, 0.3) is 0 Å². The van der Waals surface area contributed by atoms with E-state index in [1.807, 2.05) is 7.05 Å². The molecule has 4 nitrogen and oxygen atoms in total. The molecule has 1 rings (SSSR count). The third-order valence-electron chi connectivity index (χ3n) is 1.38. The Morgan fingerprint density at radius 3 is 3.08 bits per heavy atom. The molecule has 1 heterocycles. The number of aromatic nitrogens is 2. The average Bonchev–Trinajstić information content (AvgIpc) is 2.51. The van der Waals surface area contributed by atoms with Gasteiger partial charge in [-0.25, -0.2) is 4.98 Å². The lowest BCUT2D eigenvalue weighted by Gasteiger charge is -1.88. The minimum atomic E-state index is -0.330. The summed E-state index contributed by atoms with van der Waals surface area (Å²) in [6, 6.07) is 0. The van der Waals surface area contributed by atoms with Gasteiger partial charge in [0.25, 0.3) is 0 Å². The SMILES string of the molecule is COC(=O)CC#Cc1cn(C)cn1. The molecule has 1 aromatic heterocycles. The van der Waals surface area contributed by atoms with E-state index in [1.165, 1.54) is 7.11 Å². The maximum atomic E-state index is 10.7. The van der Waals surface area contributed by atoms with E-state index in [0.29, 0.717) is 5.69 Å². The zero-order chi connectivity index (χ0) is 9.68. The summed E-state index contributed by atoms with van der Waals surface area (Å²) in [6.45, 7) is 0. The molecule has 0 aliphatic rings. The Morgan fingerprint density at radius 2 is 2.54 bits per heavy atom. The normalized spacial score (nSPS) is 8.77. The van der Waals surface area contributed by atoms with Crippen molar-refractivity contribution in [3.8, 4) is 11.8 Å². The molecule has 0 fully saturated rings. The van der Waals surface area contributed by atoms with Crippen molar-refractivity contribution in [2.75, 3.05) is 7.11 Å². The number of carbonyl (C=O) groups is 1. The second kappa shape index (κ2) is 4.31. The van der Waals surface area contributed by atoms with Crippen molar-refractivity contribution in [3.05, 3.63) is 18.2 Å². The van der Waals surface area contributed by atoms with Crippen molar-refractivity contribution in [1.82, 2.24) is 9.55 Å². The van der Waals surface area contributed by atoms with Crippen LogP contribution >= 0.6 is 0 Å². The minimum Gasteiger partial charge on any atom is -0.468 e. The molecule has 0 unspecified atom stereocenters. The molecule has 0 spiro atoms. The van der Waals surface area contributed by atoms with Gasteiger partial charge in [0, 0.05) is 13.2 Å². The lowest BCUT2D eigenvalue weighted by Crippen LogP contribution is -1.96. The number of hydrogen-bond donors (Lipinski definition) is 0. The van der Waals surface area contributed by atoms with Gasteiger partial charge in [0.15, 0.2) is 0 Å². The van der Waals surface area contributed by atoms with E-state index in [4.69, 9.17) is 0 Å².